The zero-order valence-corrected chi connectivity index (χ0v) is 12.4. The van der Waals surface area contributed by atoms with Crippen LogP contribution in [0.25, 0.3) is 0 Å². The van der Waals surface area contributed by atoms with Crippen molar-refractivity contribution < 1.29 is 9.90 Å². The predicted octanol–water partition coefficient (Wildman–Crippen LogP) is 2.36. The molecule has 0 radical (unpaired) electrons. The molecule has 2 N–H and O–H groups in total. The van der Waals surface area contributed by atoms with E-state index >= 15 is 0 Å². The van der Waals surface area contributed by atoms with Gasteiger partial charge >= 0.3 is 6.03 Å². The first kappa shape index (κ1) is 14.3. The van der Waals surface area contributed by atoms with Crippen molar-refractivity contribution in [1.82, 2.24) is 10.2 Å². The van der Waals surface area contributed by atoms with E-state index in [0.29, 0.717) is 12.5 Å². The summed E-state index contributed by atoms with van der Waals surface area (Å²) in [6.07, 6.45) is 1.78. The van der Waals surface area contributed by atoms with Crippen molar-refractivity contribution >= 4 is 22.0 Å². The molecule has 0 atom stereocenters. The number of nitrogens with one attached hydrogen (secondary N) is 1. The summed E-state index contributed by atoms with van der Waals surface area (Å²) in [4.78, 5) is 13.8. The summed E-state index contributed by atoms with van der Waals surface area (Å²) in [7, 11) is 0. The molecule has 1 aliphatic rings. The molecular weight excluding hydrogens is 308 g/mol. The van der Waals surface area contributed by atoms with Gasteiger partial charge in [-0.2, -0.15) is 0 Å². The molecule has 5 heteroatoms. The van der Waals surface area contributed by atoms with Gasteiger partial charge in [0.2, 0.25) is 0 Å². The average molecular weight is 327 g/mol. The smallest absolute Gasteiger partial charge is 0.317 e. The molecule has 0 spiro atoms. The van der Waals surface area contributed by atoms with Crippen LogP contribution in [0.3, 0.4) is 0 Å². The molecule has 2 amide bonds. The third-order valence-electron chi connectivity index (χ3n) is 3.49. The van der Waals surface area contributed by atoms with Gasteiger partial charge in [0.15, 0.2) is 0 Å². The number of carbonyl (C=O) groups excluding carboxylic acids is 1. The van der Waals surface area contributed by atoms with Gasteiger partial charge in [-0.3, -0.25) is 0 Å². The Balaban J connectivity index is 1.79. The van der Waals surface area contributed by atoms with Crippen LogP contribution in [0.2, 0.25) is 0 Å². The van der Waals surface area contributed by atoms with E-state index in [1.54, 1.807) is 0 Å². The number of hydrogen-bond acceptors (Lipinski definition) is 2. The second-order valence-corrected chi connectivity index (χ2v) is 5.82. The molecule has 1 fully saturated rings. The Labute approximate surface area is 121 Å². The van der Waals surface area contributed by atoms with E-state index in [1.807, 2.05) is 29.2 Å². The summed E-state index contributed by atoms with van der Waals surface area (Å²) >= 11 is 3.41. The first-order chi connectivity index (χ1) is 9.19. The van der Waals surface area contributed by atoms with E-state index in [1.165, 1.54) is 0 Å². The third-order valence-corrected chi connectivity index (χ3v) is 3.99. The minimum Gasteiger partial charge on any atom is -0.396 e. The summed E-state index contributed by atoms with van der Waals surface area (Å²) in [6, 6.07) is 7.89. The van der Waals surface area contributed by atoms with Crippen LogP contribution in [-0.2, 0) is 6.54 Å². The highest BCUT2D eigenvalue weighted by atomic mass is 79.9. The molecule has 0 aromatic heterocycles. The van der Waals surface area contributed by atoms with Crippen LogP contribution < -0.4 is 5.32 Å². The lowest BCUT2D eigenvalue weighted by molar-refractivity contribution is 0.137. The SMILES string of the molecule is O=C(NCc1cccc(Br)c1)N1CCC(CO)CC1. The number of urea groups is 1. The Hall–Kier alpha value is -1.07. The van der Waals surface area contributed by atoms with E-state index < -0.39 is 0 Å². The highest BCUT2D eigenvalue weighted by Crippen LogP contribution is 2.16. The molecular formula is C14H19BrN2O2. The highest BCUT2D eigenvalue weighted by Gasteiger charge is 2.21. The minimum absolute atomic E-state index is 0.0173. The predicted molar refractivity (Wildman–Crippen MR) is 77.8 cm³/mol. The van der Waals surface area contributed by atoms with Crippen molar-refractivity contribution in [3.05, 3.63) is 34.3 Å². The lowest BCUT2D eigenvalue weighted by atomic mass is 9.98. The first-order valence-electron chi connectivity index (χ1n) is 6.57. The van der Waals surface area contributed by atoms with Crippen LogP contribution in [0, 0.1) is 5.92 Å². The van der Waals surface area contributed by atoms with Gasteiger partial charge in [-0.25, -0.2) is 4.79 Å². The van der Waals surface area contributed by atoms with Gasteiger partial charge in [0.1, 0.15) is 0 Å². The Kier molecular flexibility index (Phi) is 5.22. The third kappa shape index (κ3) is 4.21. The largest absolute Gasteiger partial charge is 0.396 e. The quantitative estimate of drug-likeness (QED) is 0.895. The Morgan fingerprint density at radius 3 is 2.79 bits per heavy atom. The van der Waals surface area contributed by atoms with Crippen molar-refractivity contribution in [3.8, 4) is 0 Å². The van der Waals surface area contributed by atoms with E-state index in [0.717, 1.165) is 36.0 Å². The molecule has 1 aromatic carbocycles. The molecule has 104 valence electrons. The van der Waals surface area contributed by atoms with Crippen molar-refractivity contribution in [2.24, 2.45) is 5.92 Å². The summed E-state index contributed by atoms with van der Waals surface area (Å²) in [5.41, 5.74) is 1.08. The summed E-state index contributed by atoms with van der Waals surface area (Å²) < 4.78 is 1.02. The average Bonchev–Trinajstić information content (AvgIpc) is 2.45. The number of rotatable bonds is 3. The van der Waals surface area contributed by atoms with E-state index in [4.69, 9.17) is 5.11 Å². The van der Waals surface area contributed by atoms with E-state index in [2.05, 4.69) is 21.2 Å². The lowest BCUT2D eigenvalue weighted by Gasteiger charge is -2.31. The Bertz CT molecular complexity index is 431. The maximum Gasteiger partial charge on any atom is 0.317 e. The van der Waals surface area contributed by atoms with Crippen molar-refractivity contribution in [1.29, 1.82) is 0 Å². The fraction of sp³-hybridized carbons (Fsp3) is 0.500. The molecule has 0 saturated carbocycles. The zero-order valence-electron chi connectivity index (χ0n) is 10.8. The van der Waals surface area contributed by atoms with Crippen molar-refractivity contribution in [2.45, 2.75) is 19.4 Å². The molecule has 0 bridgehead atoms. The standard InChI is InChI=1S/C14H19BrN2O2/c15-13-3-1-2-12(8-13)9-16-14(19)17-6-4-11(10-18)5-7-17/h1-3,8,11,18H,4-7,9-10H2,(H,16,19). The Morgan fingerprint density at radius 2 is 2.16 bits per heavy atom. The molecule has 1 aliphatic heterocycles. The molecule has 0 unspecified atom stereocenters. The number of amides is 2. The molecule has 1 saturated heterocycles. The van der Waals surface area contributed by atoms with E-state index in [-0.39, 0.29) is 12.6 Å². The second kappa shape index (κ2) is 6.91. The van der Waals surface area contributed by atoms with Crippen LogP contribution >= 0.6 is 15.9 Å². The highest BCUT2D eigenvalue weighted by molar-refractivity contribution is 9.10. The zero-order chi connectivity index (χ0) is 13.7. The van der Waals surface area contributed by atoms with Crippen LogP contribution in [-0.4, -0.2) is 35.7 Å². The Morgan fingerprint density at radius 1 is 1.42 bits per heavy atom. The second-order valence-electron chi connectivity index (χ2n) is 4.90. The summed E-state index contributed by atoms with van der Waals surface area (Å²) in [6.45, 7) is 2.23. The summed E-state index contributed by atoms with van der Waals surface area (Å²) in [5.74, 6) is 0.356. The van der Waals surface area contributed by atoms with Crippen molar-refractivity contribution in [2.75, 3.05) is 19.7 Å². The molecule has 4 nitrogen and oxygen atoms in total. The monoisotopic (exact) mass is 326 g/mol. The fourth-order valence-corrected chi connectivity index (χ4v) is 2.70. The lowest BCUT2D eigenvalue weighted by Crippen LogP contribution is -2.44. The number of nitrogens with zero attached hydrogens (tertiary/aromatic N) is 1. The van der Waals surface area contributed by atoms with Gasteiger partial charge in [-0.1, -0.05) is 28.1 Å². The molecule has 19 heavy (non-hydrogen) atoms. The molecule has 1 heterocycles. The fourth-order valence-electron chi connectivity index (χ4n) is 2.26. The maximum absolute atomic E-state index is 12.0. The number of piperidine rings is 1. The number of halogens is 1. The normalized spacial score (nSPS) is 16.4. The minimum atomic E-state index is -0.0173. The van der Waals surface area contributed by atoms with Crippen LogP contribution in [0.15, 0.2) is 28.7 Å². The van der Waals surface area contributed by atoms with E-state index in [9.17, 15) is 4.79 Å². The number of aliphatic hydroxyl groups excluding tert-OH is 1. The topological polar surface area (TPSA) is 52.6 Å². The number of aliphatic hydroxyl groups is 1. The number of hydrogen-bond donors (Lipinski definition) is 2. The number of carbonyl (C=O) groups is 1. The van der Waals surface area contributed by atoms with Crippen molar-refractivity contribution in [3.63, 3.8) is 0 Å². The van der Waals surface area contributed by atoms with Gasteiger partial charge < -0.3 is 15.3 Å². The van der Waals surface area contributed by atoms with Gasteiger partial charge in [-0.05, 0) is 36.5 Å². The van der Waals surface area contributed by atoms with Gasteiger partial charge in [-0.15, -0.1) is 0 Å². The summed E-state index contributed by atoms with van der Waals surface area (Å²) in [5, 5.41) is 12.0. The van der Waals surface area contributed by atoms with Crippen LogP contribution in [0.5, 0.6) is 0 Å². The van der Waals surface area contributed by atoms with Gasteiger partial charge in [0.25, 0.3) is 0 Å². The number of likely N-dealkylation sites (tertiary alicyclic amines) is 1. The first-order valence-corrected chi connectivity index (χ1v) is 7.36. The molecule has 1 aromatic rings. The molecule has 0 aliphatic carbocycles. The maximum atomic E-state index is 12.0. The van der Waals surface area contributed by atoms with Gasteiger partial charge in [0, 0.05) is 30.7 Å². The van der Waals surface area contributed by atoms with Crippen LogP contribution in [0.4, 0.5) is 4.79 Å². The van der Waals surface area contributed by atoms with Gasteiger partial charge in [0.05, 0.1) is 0 Å². The molecule has 2 rings (SSSR count). The number of benzene rings is 1. The van der Waals surface area contributed by atoms with Crippen LogP contribution in [0.1, 0.15) is 18.4 Å².